The van der Waals surface area contributed by atoms with Gasteiger partial charge in [-0.05, 0) is 32.7 Å². The van der Waals surface area contributed by atoms with Crippen molar-refractivity contribution in [3.63, 3.8) is 0 Å². The van der Waals surface area contributed by atoms with Gasteiger partial charge < -0.3 is 14.6 Å². The minimum absolute atomic E-state index is 0.0723. The Labute approximate surface area is 115 Å². The van der Waals surface area contributed by atoms with Gasteiger partial charge in [-0.1, -0.05) is 25.4 Å². The molecular formula is C14H25N3O2. The topological polar surface area (TPSA) is 60.2 Å². The first-order chi connectivity index (χ1) is 9.17. The smallest absolute Gasteiger partial charge is 0.231 e. The maximum Gasteiger partial charge on any atom is 0.231 e. The summed E-state index contributed by atoms with van der Waals surface area (Å²) < 4.78 is 11.2. The van der Waals surface area contributed by atoms with Gasteiger partial charge in [-0.25, -0.2) is 0 Å². The molecule has 0 bridgehead atoms. The summed E-state index contributed by atoms with van der Waals surface area (Å²) in [6.07, 6.45) is 3.44. The van der Waals surface area contributed by atoms with Crippen LogP contribution in [0.4, 0.5) is 0 Å². The van der Waals surface area contributed by atoms with Crippen LogP contribution >= 0.6 is 0 Å². The highest BCUT2D eigenvalue weighted by Gasteiger charge is 2.33. The van der Waals surface area contributed by atoms with E-state index in [0.717, 1.165) is 12.3 Å². The summed E-state index contributed by atoms with van der Waals surface area (Å²) in [6, 6.07) is 0.456. The molecule has 3 atom stereocenters. The molecule has 1 fully saturated rings. The summed E-state index contributed by atoms with van der Waals surface area (Å²) in [5.41, 5.74) is 0. The van der Waals surface area contributed by atoms with E-state index < -0.39 is 0 Å². The fourth-order valence-corrected chi connectivity index (χ4v) is 2.86. The van der Waals surface area contributed by atoms with E-state index in [1.807, 2.05) is 14.0 Å². The molecule has 0 aromatic carbocycles. The molecule has 1 saturated carbocycles. The van der Waals surface area contributed by atoms with E-state index in [1.165, 1.54) is 12.8 Å². The largest absolute Gasteiger partial charge is 0.370 e. The summed E-state index contributed by atoms with van der Waals surface area (Å²) in [4.78, 5) is 4.59. The van der Waals surface area contributed by atoms with Crippen molar-refractivity contribution in [1.82, 2.24) is 15.5 Å². The summed E-state index contributed by atoms with van der Waals surface area (Å²) in [7, 11) is 2.00. The lowest BCUT2D eigenvalue weighted by Crippen LogP contribution is -2.27. The highest BCUT2D eigenvalue weighted by Crippen LogP contribution is 2.34. The van der Waals surface area contributed by atoms with Crippen LogP contribution in [0.3, 0.4) is 0 Å². The van der Waals surface area contributed by atoms with Gasteiger partial charge >= 0.3 is 0 Å². The van der Waals surface area contributed by atoms with Crippen molar-refractivity contribution < 1.29 is 9.26 Å². The molecule has 5 heteroatoms. The van der Waals surface area contributed by atoms with Crippen molar-refractivity contribution in [3.8, 4) is 0 Å². The van der Waals surface area contributed by atoms with Gasteiger partial charge in [0.25, 0.3) is 0 Å². The Morgan fingerprint density at radius 2 is 2.21 bits per heavy atom. The molecule has 1 aliphatic rings. The standard InChI is InChI=1S/C14H25N3O2/c1-5-18-12(9(2)3)13-16-14(19-17-13)10-7-6-8-11(10)15-4/h9-12,15H,5-8H2,1-4H3. The van der Waals surface area contributed by atoms with Crippen molar-refractivity contribution in [2.24, 2.45) is 5.92 Å². The van der Waals surface area contributed by atoms with E-state index in [2.05, 4.69) is 29.3 Å². The van der Waals surface area contributed by atoms with Gasteiger partial charge in [-0.2, -0.15) is 4.98 Å². The first kappa shape index (κ1) is 14.5. The molecule has 1 N–H and O–H groups in total. The third-order valence-corrected chi connectivity index (χ3v) is 3.87. The molecule has 108 valence electrons. The second-order valence-corrected chi connectivity index (χ2v) is 5.54. The molecule has 0 spiro atoms. The summed E-state index contributed by atoms with van der Waals surface area (Å²) in [5.74, 6) is 2.14. The quantitative estimate of drug-likeness (QED) is 0.858. The molecule has 5 nitrogen and oxygen atoms in total. The van der Waals surface area contributed by atoms with Crippen molar-refractivity contribution >= 4 is 0 Å². The van der Waals surface area contributed by atoms with E-state index in [0.29, 0.717) is 30.3 Å². The van der Waals surface area contributed by atoms with E-state index in [4.69, 9.17) is 9.26 Å². The highest BCUT2D eigenvalue weighted by atomic mass is 16.5. The van der Waals surface area contributed by atoms with Crippen molar-refractivity contribution in [2.45, 2.75) is 58.1 Å². The van der Waals surface area contributed by atoms with Crippen molar-refractivity contribution in [3.05, 3.63) is 11.7 Å². The van der Waals surface area contributed by atoms with Gasteiger partial charge in [0, 0.05) is 12.6 Å². The Morgan fingerprint density at radius 1 is 1.42 bits per heavy atom. The van der Waals surface area contributed by atoms with Crippen LogP contribution in [-0.2, 0) is 4.74 Å². The summed E-state index contributed by atoms with van der Waals surface area (Å²) in [5, 5.41) is 7.47. The number of likely N-dealkylation sites (N-methyl/N-ethyl adjacent to an activating group) is 1. The van der Waals surface area contributed by atoms with Crippen LogP contribution in [-0.4, -0.2) is 29.8 Å². The molecule has 19 heavy (non-hydrogen) atoms. The molecule has 0 amide bonds. The minimum atomic E-state index is -0.0723. The highest BCUT2D eigenvalue weighted by molar-refractivity contribution is 5.04. The van der Waals surface area contributed by atoms with Crippen LogP contribution in [0, 0.1) is 5.92 Å². The second-order valence-electron chi connectivity index (χ2n) is 5.54. The fraction of sp³-hybridized carbons (Fsp3) is 0.857. The van der Waals surface area contributed by atoms with Crippen LogP contribution in [0.25, 0.3) is 0 Å². The molecule has 1 heterocycles. The molecular weight excluding hydrogens is 242 g/mol. The normalized spacial score (nSPS) is 25.1. The number of aromatic nitrogens is 2. The molecule has 1 aromatic heterocycles. The summed E-state index contributed by atoms with van der Waals surface area (Å²) >= 11 is 0. The number of ether oxygens (including phenoxy) is 1. The van der Waals surface area contributed by atoms with Gasteiger partial charge in [-0.3, -0.25) is 0 Å². The van der Waals surface area contributed by atoms with Crippen molar-refractivity contribution in [2.75, 3.05) is 13.7 Å². The maximum atomic E-state index is 5.72. The first-order valence-corrected chi connectivity index (χ1v) is 7.29. The average molecular weight is 267 g/mol. The number of nitrogens with zero attached hydrogens (tertiary/aromatic N) is 2. The van der Waals surface area contributed by atoms with E-state index >= 15 is 0 Å². The predicted molar refractivity (Wildman–Crippen MR) is 72.9 cm³/mol. The van der Waals surface area contributed by atoms with Gasteiger partial charge in [0.1, 0.15) is 6.10 Å². The van der Waals surface area contributed by atoms with Gasteiger partial charge in [0.2, 0.25) is 11.7 Å². The Hall–Kier alpha value is -0.940. The first-order valence-electron chi connectivity index (χ1n) is 7.29. The Bertz CT molecular complexity index is 375. The second kappa shape index (κ2) is 6.48. The number of rotatable bonds is 6. The van der Waals surface area contributed by atoms with E-state index in [1.54, 1.807) is 0 Å². The zero-order chi connectivity index (χ0) is 13.8. The number of nitrogens with one attached hydrogen (secondary N) is 1. The average Bonchev–Trinajstić information content (AvgIpc) is 3.03. The lowest BCUT2D eigenvalue weighted by atomic mass is 10.0. The number of hydrogen-bond acceptors (Lipinski definition) is 5. The molecule has 1 aromatic rings. The maximum absolute atomic E-state index is 5.72. The van der Waals surface area contributed by atoms with Gasteiger partial charge in [0.15, 0.2) is 0 Å². The predicted octanol–water partition coefficient (Wildman–Crippen LogP) is 2.66. The zero-order valence-corrected chi connectivity index (χ0v) is 12.3. The Kier molecular flexibility index (Phi) is 4.93. The summed E-state index contributed by atoms with van der Waals surface area (Å²) in [6.45, 7) is 6.88. The molecule has 0 saturated heterocycles. The minimum Gasteiger partial charge on any atom is -0.370 e. The SMILES string of the molecule is CCOC(c1noc(C2CCCC2NC)n1)C(C)C. The molecule has 0 aliphatic heterocycles. The van der Waals surface area contributed by atoms with Crippen LogP contribution in [0.5, 0.6) is 0 Å². The molecule has 3 unspecified atom stereocenters. The fourth-order valence-electron chi connectivity index (χ4n) is 2.86. The number of hydrogen-bond donors (Lipinski definition) is 1. The Balaban J connectivity index is 2.13. The van der Waals surface area contributed by atoms with E-state index in [-0.39, 0.29) is 6.10 Å². The lowest BCUT2D eigenvalue weighted by Gasteiger charge is -2.17. The van der Waals surface area contributed by atoms with Crippen LogP contribution in [0.15, 0.2) is 4.52 Å². The monoisotopic (exact) mass is 267 g/mol. The van der Waals surface area contributed by atoms with Crippen LogP contribution < -0.4 is 5.32 Å². The van der Waals surface area contributed by atoms with Crippen molar-refractivity contribution in [1.29, 1.82) is 0 Å². The van der Waals surface area contributed by atoms with Gasteiger partial charge in [0.05, 0.1) is 5.92 Å². The third-order valence-electron chi connectivity index (χ3n) is 3.87. The molecule has 0 radical (unpaired) electrons. The zero-order valence-electron chi connectivity index (χ0n) is 12.3. The van der Waals surface area contributed by atoms with Crippen LogP contribution in [0.1, 0.15) is 63.8 Å². The lowest BCUT2D eigenvalue weighted by molar-refractivity contribution is 0.0217. The molecule has 1 aliphatic carbocycles. The van der Waals surface area contributed by atoms with Crippen LogP contribution in [0.2, 0.25) is 0 Å². The third kappa shape index (κ3) is 3.15. The molecule has 2 rings (SSSR count). The van der Waals surface area contributed by atoms with Gasteiger partial charge in [-0.15, -0.1) is 0 Å². The Morgan fingerprint density at radius 3 is 2.84 bits per heavy atom. The van der Waals surface area contributed by atoms with E-state index in [9.17, 15) is 0 Å².